The molecule has 5 nitrogen and oxygen atoms in total. The van der Waals surface area contributed by atoms with Gasteiger partial charge in [0.25, 0.3) is 0 Å². The van der Waals surface area contributed by atoms with E-state index >= 15 is 0 Å². The molecule has 2 rings (SSSR count). The van der Waals surface area contributed by atoms with Gasteiger partial charge in [-0.05, 0) is 6.42 Å². The smallest absolute Gasteiger partial charge is 0.153 e. The summed E-state index contributed by atoms with van der Waals surface area (Å²) in [6.45, 7) is 1.68. The van der Waals surface area contributed by atoms with Gasteiger partial charge in [-0.2, -0.15) is 0 Å². The zero-order valence-corrected chi connectivity index (χ0v) is 9.24. The Morgan fingerprint density at radius 3 is 3.07 bits per heavy atom. The second-order valence-corrected chi connectivity index (χ2v) is 3.87. The number of nitrogens with two attached hydrogens (primary N) is 1. The molecule has 2 N–H and O–H groups in total. The number of nitrogen functional groups attached to an aromatic ring is 1. The predicted molar refractivity (Wildman–Crippen MR) is 59.1 cm³/mol. The highest BCUT2D eigenvalue weighted by molar-refractivity contribution is 6.35. The molecule has 0 saturated carbocycles. The van der Waals surface area contributed by atoms with Gasteiger partial charge in [0.2, 0.25) is 0 Å². The number of rotatable bonds is 2. The molecular formula is C9H13ClN4O. The van der Waals surface area contributed by atoms with Crippen LogP contribution in [0.2, 0.25) is 5.02 Å². The summed E-state index contributed by atoms with van der Waals surface area (Å²) in [6.07, 6.45) is 2.66. The summed E-state index contributed by atoms with van der Waals surface area (Å²) < 4.78 is 5.27. The van der Waals surface area contributed by atoms with Crippen LogP contribution in [0.5, 0.6) is 0 Å². The summed E-state index contributed by atoms with van der Waals surface area (Å²) in [6, 6.07) is 0. The monoisotopic (exact) mass is 228 g/mol. The first-order valence-corrected chi connectivity index (χ1v) is 5.14. The van der Waals surface area contributed by atoms with Gasteiger partial charge in [-0.25, -0.2) is 9.97 Å². The first kappa shape index (κ1) is 10.4. The molecule has 1 saturated heterocycles. The molecule has 82 valence electrons. The predicted octanol–water partition coefficient (Wildman–Crippen LogP) is 0.937. The largest absolute Gasteiger partial charge is 0.382 e. The Bertz CT molecular complexity index is 360. The van der Waals surface area contributed by atoms with Gasteiger partial charge < -0.3 is 15.4 Å². The van der Waals surface area contributed by atoms with E-state index in [1.165, 1.54) is 6.33 Å². The van der Waals surface area contributed by atoms with Crippen LogP contribution < -0.4 is 10.6 Å². The number of halogens is 1. The van der Waals surface area contributed by atoms with Crippen LogP contribution in [0.1, 0.15) is 6.42 Å². The van der Waals surface area contributed by atoms with Crippen molar-refractivity contribution in [1.82, 2.24) is 9.97 Å². The molecular weight excluding hydrogens is 216 g/mol. The van der Waals surface area contributed by atoms with Crippen LogP contribution in [0.25, 0.3) is 0 Å². The Hall–Kier alpha value is -1.07. The van der Waals surface area contributed by atoms with Gasteiger partial charge in [0, 0.05) is 20.2 Å². The lowest BCUT2D eigenvalue weighted by molar-refractivity contribution is 0.121. The Labute approximate surface area is 93.2 Å². The van der Waals surface area contributed by atoms with Crippen molar-refractivity contribution in [2.75, 3.05) is 30.8 Å². The van der Waals surface area contributed by atoms with Gasteiger partial charge in [-0.1, -0.05) is 11.6 Å². The highest BCUT2D eigenvalue weighted by Crippen LogP contribution is 2.29. The minimum absolute atomic E-state index is 0.247. The molecule has 2 heterocycles. The molecule has 1 aliphatic rings. The van der Waals surface area contributed by atoms with Crippen molar-refractivity contribution < 1.29 is 4.74 Å². The van der Waals surface area contributed by atoms with Crippen molar-refractivity contribution in [2.45, 2.75) is 12.5 Å². The molecule has 15 heavy (non-hydrogen) atoms. The van der Waals surface area contributed by atoms with Gasteiger partial charge in [0.1, 0.15) is 17.2 Å². The maximum Gasteiger partial charge on any atom is 0.153 e. The van der Waals surface area contributed by atoms with Crippen LogP contribution in [0.15, 0.2) is 6.33 Å². The van der Waals surface area contributed by atoms with Gasteiger partial charge >= 0.3 is 0 Å². The van der Waals surface area contributed by atoms with E-state index in [2.05, 4.69) is 14.9 Å². The molecule has 0 aliphatic carbocycles. The Morgan fingerprint density at radius 1 is 1.60 bits per heavy atom. The molecule has 0 unspecified atom stereocenters. The van der Waals surface area contributed by atoms with E-state index in [1.54, 1.807) is 7.11 Å². The number of anilines is 2. The van der Waals surface area contributed by atoms with Crippen molar-refractivity contribution in [1.29, 1.82) is 0 Å². The molecule has 0 aromatic carbocycles. The van der Waals surface area contributed by atoms with Crippen LogP contribution in [0, 0.1) is 0 Å². The van der Waals surface area contributed by atoms with Gasteiger partial charge in [-0.3, -0.25) is 0 Å². The topological polar surface area (TPSA) is 64.3 Å². The second kappa shape index (κ2) is 4.20. The molecule has 1 fully saturated rings. The molecule has 0 spiro atoms. The highest BCUT2D eigenvalue weighted by Gasteiger charge is 2.25. The molecule has 0 amide bonds. The van der Waals surface area contributed by atoms with Crippen molar-refractivity contribution >= 4 is 23.2 Å². The van der Waals surface area contributed by atoms with Crippen molar-refractivity contribution in [3.8, 4) is 0 Å². The SMILES string of the molecule is CO[C@@H]1CCN(c2ncnc(N)c2Cl)C1. The number of hydrogen-bond acceptors (Lipinski definition) is 5. The van der Waals surface area contributed by atoms with Crippen LogP contribution in [0.4, 0.5) is 11.6 Å². The lowest BCUT2D eigenvalue weighted by atomic mass is 10.3. The van der Waals surface area contributed by atoms with Gasteiger partial charge in [-0.15, -0.1) is 0 Å². The van der Waals surface area contributed by atoms with E-state index in [9.17, 15) is 0 Å². The number of ether oxygens (including phenoxy) is 1. The zero-order chi connectivity index (χ0) is 10.8. The fourth-order valence-corrected chi connectivity index (χ4v) is 1.92. The molecule has 1 aromatic rings. The fraction of sp³-hybridized carbons (Fsp3) is 0.556. The average Bonchev–Trinajstić information content (AvgIpc) is 2.70. The maximum atomic E-state index is 6.03. The number of hydrogen-bond donors (Lipinski definition) is 1. The molecule has 1 aromatic heterocycles. The summed E-state index contributed by atoms with van der Waals surface area (Å²) in [5.41, 5.74) is 5.61. The number of nitrogens with zero attached hydrogens (tertiary/aromatic N) is 3. The summed E-state index contributed by atoms with van der Waals surface area (Å²) in [7, 11) is 1.71. The van der Waals surface area contributed by atoms with E-state index in [0.717, 1.165) is 19.5 Å². The average molecular weight is 229 g/mol. The van der Waals surface area contributed by atoms with Gasteiger partial charge in [0.15, 0.2) is 5.82 Å². The standard InChI is InChI=1S/C9H13ClN4O/c1-15-6-2-3-14(4-6)9-7(10)8(11)12-5-13-9/h5-6H,2-4H2,1H3,(H2,11,12,13)/t6-/m1/s1. The molecule has 6 heteroatoms. The third-order valence-electron chi connectivity index (χ3n) is 2.58. The summed E-state index contributed by atoms with van der Waals surface area (Å²) in [4.78, 5) is 10.0. The van der Waals surface area contributed by atoms with Crippen molar-refractivity contribution in [2.24, 2.45) is 0 Å². The van der Waals surface area contributed by atoms with Crippen LogP contribution in [-0.2, 0) is 4.74 Å². The van der Waals surface area contributed by atoms with E-state index in [-0.39, 0.29) is 6.10 Å². The summed E-state index contributed by atoms with van der Waals surface area (Å²) >= 11 is 6.03. The Kier molecular flexibility index (Phi) is 2.93. The van der Waals surface area contributed by atoms with Crippen LogP contribution >= 0.6 is 11.6 Å². The fourth-order valence-electron chi connectivity index (χ4n) is 1.71. The maximum absolute atomic E-state index is 6.03. The first-order valence-electron chi connectivity index (χ1n) is 4.76. The minimum Gasteiger partial charge on any atom is -0.382 e. The van der Waals surface area contributed by atoms with Gasteiger partial charge in [0.05, 0.1) is 6.10 Å². The van der Waals surface area contributed by atoms with Crippen molar-refractivity contribution in [3.05, 3.63) is 11.3 Å². The quantitative estimate of drug-likeness (QED) is 0.816. The third kappa shape index (κ3) is 1.98. The van der Waals surface area contributed by atoms with Crippen molar-refractivity contribution in [3.63, 3.8) is 0 Å². The van der Waals surface area contributed by atoms with E-state index in [4.69, 9.17) is 22.1 Å². The first-order chi connectivity index (χ1) is 7.22. The minimum atomic E-state index is 0.247. The lowest BCUT2D eigenvalue weighted by Gasteiger charge is -2.18. The highest BCUT2D eigenvalue weighted by atomic mass is 35.5. The zero-order valence-electron chi connectivity index (χ0n) is 8.48. The Balaban J connectivity index is 2.20. The molecule has 0 radical (unpaired) electrons. The second-order valence-electron chi connectivity index (χ2n) is 3.49. The molecule has 1 atom stereocenters. The Morgan fingerprint density at radius 2 is 2.40 bits per heavy atom. The number of methoxy groups -OCH3 is 1. The van der Waals surface area contributed by atoms with Crippen LogP contribution in [-0.4, -0.2) is 36.3 Å². The van der Waals surface area contributed by atoms with E-state index in [1.807, 2.05) is 0 Å². The normalized spacial score (nSPS) is 20.9. The van der Waals surface area contributed by atoms with E-state index < -0.39 is 0 Å². The van der Waals surface area contributed by atoms with Crippen LogP contribution in [0.3, 0.4) is 0 Å². The lowest BCUT2D eigenvalue weighted by Crippen LogP contribution is -2.23. The van der Waals surface area contributed by atoms with E-state index in [0.29, 0.717) is 16.7 Å². The summed E-state index contributed by atoms with van der Waals surface area (Å²) in [5.74, 6) is 1.02. The molecule has 1 aliphatic heterocycles. The summed E-state index contributed by atoms with van der Waals surface area (Å²) in [5, 5.41) is 0.425. The third-order valence-corrected chi connectivity index (χ3v) is 2.94. The molecule has 0 bridgehead atoms. The number of aromatic nitrogens is 2.